The molecule has 2 rings (SSSR count). The van der Waals surface area contributed by atoms with Gasteiger partial charge < -0.3 is 5.32 Å². The predicted molar refractivity (Wildman–Crippen MR) is 66.1 cm³/mol. The van der Waals surface area contributed by atoms with E-state index in [1.165, 1.54) is 25.0 Å². The van der Waals surface area contributed by atoms with Crippen LogP contribution < -0.4 is 5.32 Å². The molecule has 1 aromatic rings. The van der Waals surface area contributed by atoms with Crippen LogP contribution in [0.15, 0.2) is 12.1 Å². The van der Waals surface area contributed by atoms with Gasteiger partial charge in [0.2, 0.25) is 0 Å². The highest BCUT2D eigenvalue weighted by molar-refractivity contribution is 5.50. The van der Waals surface area contributed by atoms with Gasteiger partial charge in [-0.3, -0.25) is 0 Å². The second-order valence-corrected chi connectivity index (χ2v) is 4.83. The lowest BCUT2D eigenvalue weighted by atomic mass is 10.1. The molecule has 0 radical (unpaired) electrons. The Morgan fingerprint density at radius 3 is 2.67 bits per heavy atom. The molecular weight excluding hydrogens is 234 g/mol. The van der Waals surface area contributed by atoms with E-state index >= 15 is 0 Å². The van der Waals surface area contributed by atoms with Crippen molar-refractivity contribution in [1.29, 1.82) is 5.26 Å². The molecule has 18 heavy (non-hydrogen) atoms. The van der Waals surface area contributed by atoms with Crippen LogP contribution in [0, 0.1) is 28.9 Å². The van der Waals surface area contributed by atoms with Gasteiger partial charge in [-0.2, -0.15) is 5.26 Å². The molecule has 1 fully saturated rings. The molecule has 1 aliphatic carbocycles. The molecule has 0 amide bonds. The molecule has 0 bridgehead atoms. The van der Waals surface area contributed by atoms with Crippen LogP contribution in [0.25, 0.3) is 0 Å². The minimum Gasteiger partial charge on any atom is -0.380 e. The summed E-state index contributed by atoms with van der Waals surface area (Å²) < 4.78 is 27.2. The first-order valence-corrected chi connectivity index (χ1v) is 6.30. The van der Waals surface area contributed by atoms with Gasteiger partial charge >= 0.3 is 0 Å². The van der Waals surface area contributed by atoms with E-state index in [-0.39, 0.29) is 17.3 Å². The van der Waals surface area contributed by atoms with Crippen molar-refractivity contribution in [3.63, 3.8) is 0 Å². The summed E-state index contributed by atoms with van der Waals surface area (Å²) in [6, 6.07) is 4.54. The monoisotopic (exact) mass is 250 g/mol. The average molecular weight is 250 g/mol. The summed E-state index contributed by atoms with van der Waals surface area (Å²) in [5.41, 5.74) is -0.104. The number of halogens is 2. The predicted octanol–water partition coefficient (Wildman–Crippen LogP) is 3.83. The molecule has 1 N–H and O–H groups in total. The Morgan fingerprint density at radius 2 is 2.11 bits per heavy atom. The Labute approximate surface area is 106 Å². The van der Waals surface area contributed by atoms with E-state index in [1.54, 1.807) is 6.07 Å². The van der Waals surface area contributed by atoms with Gasteiger partial charge in [-0.1, -0.05) is 19.8 Å². The van der Waals surface area contributed by atoms with Crippen molar-refractivity contribution in [1.82, 2.24) is 0 Å². The zero-order valence-corrected chi connectivity index (χ0v) is 10.3. The van der Waals surface area contributed by atoms with Gasteiger partial charge in [-0.05, 0) is 30.9 Å². The van der Waals surface area contributed by atoms with Crippen molar-refractivity contribution in [2.45, 2.75) is 38.6 Å². The molecule has 0 aliphatic heterocycles. The molecule has 0 spiro atoms. The Kier molecular flexibility index (Phi) is 3.81. The smallest absolute Gasteiger partial charge is 0.183 e. The van der Waals surface area contributed by atoms with Gasteiger partial charge in [-0.15, -0.1) is 0 Å². The number of nitrogens with one attached hydrogen (secondary N) is 1. The normalized spacial score (nSPS) is 16.1. The topological polar surface area (TPSA) is 35.8 Å². The number of nitriles is 1. The highest BCUT2D eigenvalue weighted by Crippen LogP contribution is 2.35. The second-order valence-electron chi connectivity index (χ2n) is 4.83. The average Bonchev–Trinajstić information content (AvgIpc) is 3.18. The fourth-order valence-electron chi connectivity index (χ4n) is 2.05. The van der Waals surface area contributed by atoms with Crippen LogP contribution in [-0.4, -0.2) is 6.04 Å². The highest BCUT2D eigenvalue weighted by atomic mass is 19.2. The summed E-state index contributed by atoms with van der Waals surface area (Å²) in [5.74, 6) is -1.29. The molecule has 96 valence electrons. The van der Waals surface area contributed by atoms with Crippen LogP contribution in [0.5, 0.6) is 0 Å². The minimum absolute atomic E-state index is 0.152. The van der Waals surface area contributed by atoms with E-state index in [2.05, 4.69) is 5.32 Å². The Bertz CT molecular complexity index is 475. The van der Waals surface area contributed by atoms with E-state index in [1.807, 2.05) is 6.92 Å². The number of hydrogen-bond acceptors (Lipinski definition) is 2. The lowest BCUT2D eigenvalue weighted by Gasteiger charge is -2.18. The molecule has 1 atom stereocenters. The van der Waals surface area contributed by atoms with Crippen molar-refractivity contribution in [2.24, 2.45) is 5.92 Å². The Hall–Kier alpha value is -1.63. The van der Waals surface area contributed by atoms with E-state index in [0.29, 0.717) is 0 Å². The standard InChI is InChI=1S/C14H16F2N2/c1-2-11(7-9-3-4-9)18-12-6-5-10(8-17)13(15)14(12)16/h5-6,9,11,18H,2-4,7H2,1H3. The second kappa shape index (κ2) is 5.34. The summed E-state index contributed by atoms with van der Waals surface area (Å²) in [6.45, 7) is 2.03. The molecule has 0 aromatic heterocycles. The third-order valence-electron chi connectivity index (χ3n) is 3.37. The van der Waals surface area contributed by atoms with Crippen LogP contribution in [0.3, 0.4) is 0 Å². The summed E-state index contributed by atoms with van der Waals surface area (Å²) in [6.07, 6.45) is 4.35. The van der Waals surface area contributed by atoms with Gasteiger partial charge in [0.25, 0.3) is 0 Å². The van der Waals surface area contributed by atoms with Gasteiger partial charge in [0.1, 0.15) is 6.07 Å². The first-order chi connectivity index (χ1) is 8.65. The maximum atomic E-state index is 13.7. The molecule has 2 nitrogen and oxygen atoms in total. The SMILES string of the molecule is CCC(CC1CC1)Nc1ccc(C#N)c(F)c1F. The zero-order chi connectivity index (χ0) is 13.1. The molecular formula is C14H16F2N2. The maximum Gasteiger partial charge on any atom is 0.183 e. The van der Waals surface area contributed by atoms with Crippen molar-refractivity contribution < 1.29 is 8.78 Å². The molecule has 1 aliphatic rings. The molecule has 1 aromatic carbocycles. The van der Waals surface area contributed by atoms with Crippen LogP contribution in [-0.2, 0) is 0 Å². The summed E-state index contributed by atoms with van der Waals surface area (Å²) in [7, 11) is 0. The molecule has 1 unspecified atom stereocenters. The summed E-state index contributed by atoms with van der Waals surface area (Å²) in [5, 5.41) is 11.6. The first kappa shape index (κ1) is 12.8. The van der Waals surface area contributed by atoms with Gasteiger partial charge in [0.15, 0.2) is 11.6 Å². The fourth-order valence-corrected chi connectivity index (χ4v) is 2.05. The quantitative estimate of drug-likeness (QED) is 0.862. The first-order valence-electron chi connectivity index (χ1n) is 6.30. The van der Waals surface area contributed by atoms with Gasteiger partial charge in [0, 0.05) is 6.04 Å². The van der Waals surface area contributed by atoms with Crippen LogP contribution in [0.4, 0.5) is 14.5 Å². The number of benzene rings is 1. The van der Waals surface area contributed by atoms with E-state index in [4.69, 9.17) is 5.26 Å². The number of rotatable bonds is 5. The largest absolute Gasteiger partial charge is 0.380 e. The van der Waals surface area contributed by atoms with Crippen LogP contribution in [0.1, 0.15) is 38.2 Å². The van der Waals surface area contributed by atoms with E-state index < -0.39 is 11.6 Å². The van der Waals surface area contributed by atoms with Crippen molar-refractivity contribution >= 4 is 5.69 Å². The minimum atomic E-state index is -1.07. The maximum absolute atomic E-state index is 13.7. The molecule has 1 saturated carbocycles. The summed E-state index contributed by atoms with van der Waals surface area (Å²) in [4.78, 5) is 0. The zero-order valence-electron chi connectivity index (χ0n) is 10.3. The van der Waals surface area contributed by atoms with E-state index in [0.717, 1.165) is 18.8 Å². The third-order valence-corrected chi connectivity index (χ3v) is 3.37. The van der Waals surface area contributed by atoms with Gasteiger partial charge in [-0.25, -0.2) is 8.78 Å². The lowest BCUT2D eigenvalue weighted by Crippen LogP contribution is -2.20. The number of nitrogens with zero attached hydrogens (tertiary/aromatic N) is 1. The Morgan fingerprint density at radius 1 is 1.39 bits per heavy atom. The summed E-state index contributed by atoms with van der Waals surface area (Å²) >= 11 is 0. The van der Waals surface area contributed by atoms with Crippen molar-refractivity contribution in [3.05, 3.63) is 29.3 Å². The van der Waals surface area contributed by atoms with Gasteiger partial charge in [0.05, 0.1) is 11.3 Å². The van der Waals surface area contributed by atoms with Crippen LogP contribution >= 0.6 is 0 Å². The highest BCUT2D eigenvalue weighted by Gasteiger charge is 2.25. The number of anilines is 1. The van der Waals surface area contributed by atoms with E-state index in [9.17, 15) is 8.78 Å². The van der Waals surface area contributed by atoms with Crippen LogP contribution in [0.2, 0.25) is 0 Å². The van der Waals surface area contributed by atoms with Crippen molar-refractivity contribution in [3.8, 4) is 6.07 Å². The molecule has 0 heterocycles. The van der Waals surface area contributed by atoms with Crippen molar-refractivity contribution in [2.75, 3.05) is 5.32 Å². The third kappa shape index (κ3) is 2.79. The lowest BCUT2D eigenvalue weighted by molar-refractivity contribution is 0.504. The fraction of sp³-hybridized carbons (Fsp3) is 0.500. The number of hydrogen-bond donors (Lipinski definition) is 1. The molecule has 4 heteroatoms. The molecule has 0 saturated heterocycles. The Balaban J connectivity index is 2.12.